The molecule has 1 saturated heterocycles. The molecular weight excluding hydrogens is 172 g/mol. The molecule has 0 aromatic carbocycles. The summed E-state index contributed by atoms with van der Waals surface area (Å²) in [4.78, 5) is 1.72. The Labute approximate surface area is 70.3 Å². The smallest absolute Gasteiger partial charge is 0.260 e. The molecule has 0 atom stereocenters. The van der Waals surface area contributed by atoms with Crippen molar-refractivity contribution in [1.29, 1.82) is 0 Å². The van der Waals surface area contributed by atoms with E-state index in [1.807, 2.05) is 0 Å². The normalized spacial score (nSPS) is 25.4. The van der Waals surface area contributed by atoms with Gasteiger partial charge in [0.2, 0.25) is 0 Å². The lowest BCUT2D eigenvalue weighted by Gasteiger charge is -2.31. The van der Waals surface area contributed by atoms with Crippen molar-refractivity contribution in [3.05, 3.63) is 0 Å². The Kier molecular flexibility index (Phi) is 3.07. The van der Waals surface area contributed by atoms with Crippen molar-refractivity contribution in [3.63, 3.8) is 0 Å². The van der Waals surface area contributed by atoms with E-state index >= 15 is 0 Å². The average Bonchev–Trinajstić information content (AvgIpc) is 1.85. The lowest BCUT2D eigenvalue weighted by atomic mass is 10.1. The van der Waals surface area contributed by atoms with E-state index in [4.69, 9.17) is 11.6 Å². The molecule has 66 valence electrons. The Morgan fingerprint density at radius 3 is 2.73 bits per heavy atom. The van der Waals surface area contributed by atoms with Crippen molar-refractivity contribution in [1.82, 2.24) is 4.90 Å². The van der Waals surface area contributed by atoms with Crippen LogP contribution < -0.4 is 0 Å². The van der Waals surface area contributed by atoms with Crippen molar-refractivity contribution >= 4 is 11.6 Å². The molecule has 11 heavy (non-hydrogen) atoms. The molecule has 4 heteroatoms. The van der Waals surface area contributed by atoms with Crippen molar-refractivity contribution in [2.45, 2.75) is 18.8 Å². The minimum absolute atomic E-state index is 0.0335. The molecule has 0 radical (unpaired) electrons. The fourth-order valence-corrected chi connectivity index (χ4v) is 1.60. The largest absolute Gasteiger partial charge is 0.296 e. The Morgan fingerprint density at radius 2 is 2.18 bits per heavy atom. The summed E-state index contributed by atoms with van der Waals surface area (Å²) in [5, 5.41) is 0. The predicted octanol–water partition coefficient (Wildman–Crippen LogP) is 1.96. The maximum atomic E-state index is 12.7. The molecule has 0 bridgehead atoms. The van der Waals surface area contributed by atoms with Crippen LogP contribution in [-0.4, -0.2) is 36.3 Å². The van der Waals surface area contributed by atoms with E-state index in [9.17, 15) is 8.78 Å². The minimum Gasteiger partial charge on any atom is -0.296 e. The first-order valence-corrected chi connectivity index (χ1v) is 4.34. The molecule has 0 saturated carbocycles. The first-order valence-electron chi connectivity index (χ1n) is 3.80. The number of alkyl halides is 3. The summed E-state index contributed by atoms with van der Waals surface area (Å²) in [7, 11) is 0. The topological polar surface area (TPSA) is 3.24 Å². The predicted molar refractivity (Wildman–Crippen MR) is 41.3 cm³/mol. The van der Waals surface area contributed by atoms with Gasteiger partial charge in [-0.3, -0.25) is 4.90 Å². The molecule has 1 fully saturated rings. The van der Waals surface area contributed by atoms with E-state index in [1.54, 1.807) is 4.90 Å². The fraction of sp³-hybridized carbons (Fsp3) is 1.00. The van der Waals surface area contributed by atoms with Crippen LogP contribution in [0.1, 0.15) is 12.8 Å². The van der Waals surface area contributed by atoms with Gasteiger partial charge in [0.1, 0.15) is 0 Å². The number of likely N-dealkylation sites (tertiary alicyclic amines) is 1. The van der Waals surface area contributed by atoms with Gasteiger partial charge >= 0.3 is 0 Å². The van der Waals surface area contributed by atoms with Crippen LogP contribution in [0.15, 0.2) is 0 Å². The van der Waals surface area contributed by atoms with Crippen LogP contribution >= 0.6 is 11.6 Å². The van der Waals surface area contributed by atoms with Gasteiger partial charge in [-0.05, 0) is 13.0 Å². The second-order valence-corrected chi connectivity index (χ2v) is 3.30. The molecule has 0 unspecified atom stereocenters. The van der Waals surface area contributed by atoms with Crippen LogP contribution in [-0.2, 0) is 0 Å². The van der Waals surface area contributed by atoms with Crippen LogP contribution in [0.4, 0.5) is 8.78 Å². The summed E-state index contributed by atoms with van der Waals surface area (Å²) >= 11 is 5.44. The SMILES string of the molecule is FC1(F)CCCN(CCCl)C1. The highest BCUT2D eigenvalue weighted by atomic mass is 35.5. The molecular formula is C7H12ClF2N. The van der Waals surface area contributed by atoms with Crippen LogP contribution in [0.3, 0.4) is 0 Å². The van der Waals surface area contributed by atoms with Gasteiger partial charge in [-0.15, -0.1) is 11.6 Å². The van der Waals surface area contributed by atoms with E-state index in [2.05, 4.69) is 0 Å². The summed E-state index contributed by atoms with van der Waals surface area (Å²) < 4.78 is 25.4. The summed E-state index contributed by atoms with van der Waals surface area (Å²) in [5.74, 6) is -2.04. The third-order valence-corrected chi connectivity index (χ3v) is 2.04. The molecule has 0 N–H and O–H groups in total. The Hall–Kier alpha value is 0.110. The molecule has 1 aliphatic rings. The summed E-state index contributed by atoms with van der Waals surface area (Å²) in [6, 6.07) is 0. The third-order valence-electron chi connectivity index (χ3n) is 1.87. The van der Waals surface area contributed by atoms with E-state index in [1.165, 1.54) is 0 Å². The van der Waals surface area contributed by atoms with Gasteiger partial charge in [0.25, 0.3) is 5.92 Å². The quantitative estimate of drug-likeness (QED) is 0.592. The third kappa shape index (κ3) is 2.91. The maximum Gasteiger partial charge on any atom is 0.260 e. The summed E-state index contributed by atoms with van der Waals surface area (Å²) in [6.45, 7) is 1.24. The van der Waals surface area contributed by atoms with Gasteiger partial charge in [0.15, 0.2) is 0 Å². The molecule has 0 aliphatic carbocycles. The second kappa shape index (κ2) is 3.68. The highest BCUT2D eigenvalue weighted by Crippen LogP contribution is 2.25. The minimum atomic E-state index is -2.48. The monoisotopic (exact) mass is 183 g/mol. The zero-order chi connectivity index (χ0) is 8.32. The molecule has 0 amide bonds. The van der Waals surface area contributed by atoms with Gasteiger partial charge in [-0.2, -0.15) is 0 Å². The van der Waals surface area contributed by atoms with Crippen molar-refractivity contribution in [3.8, 4) is 0 Å². The Morgan fingerprint density at radius 1 is 1.45 bits per heavy atom. The lowest BCUT2D eigenvalue weighted by molar-refractivity contribution is -0.0623. The van der Waals surface area contributed by atoms with Crippen molar-refractivity contribution in [2.75, 3.05) is 25.5 Å². The molecule has 1 aliphatic heterocycles. The van der Waals surface area contributed by atoms with Crippen LogP contribution in [0.2, 0.25) is 0 Å². The zero-order valence-electron chi connectivity index (χ0n) is 6.32. The number of hydrogen-bond acceptors (Lipinski definition) is 1. The first-order chi connectivity index (χ1) is 5.14. The Bertz CT molecular complexity index is 128. The summed E-state index contributed by atoms with van der Waals surface area (Å²) in [5.41, 5.74) is 0. The second-order valence-electron chi connectivity index (χ2n) is 2.92. The van der Waals surface area contributed by atoms with E-state index < -0.39 is 5.92 Å². The van der Waals surface area contributed by atoms with E-state index in [-0.39, 0.29) is 13.0 Å². The Balaban J connectivity index is 2.34. The summed E-state index contributed by atoms with van der Waals surface area (Å²) in [6.07, 6.45) is 0.621. The zero-order valence-corrected chi connectivity index (χ0v) is 7.08. The van der Waals surface area contributed by atoms with E-state index in [0.717, 1.165) is 6.54 Å². The van der Waals surface area contributed by atoms with Crippen molar-refractivity contribution in [2.24, 2.45) is 0 Å². The average molecular weight is 184 g/mol. The van der Waals surface area contributed by atoms with Gasteiger partial charge < -0.3 is 0 Å². The van der Waals surface area contributed by atoms with Crippen molar-refractivity contribution < 1.29 is 8.78 Å². The van der Waals surface area contributed by atoms with Gasteiger partial charge in [0, 0.05) is 18.8 Å². The van der Waals surface area contributed by atoms with Crippen LogP contribution in [0, 0.1) is 0 Å². The number of nitrogens with zero attached hydrogens (tertiary/aromatic N) is 1. The van der Waals surface area contributed by atoms with Crippen LogP contribution in [0.25, 0.3) is 0 Å². The van der Waals surface area contributed by atoms with Crippen LogP contribution in [0.5, 0.6) is 0 Å². The molecule has 0 spiro atoms. The first kappa shape index (κ1) is 9.20. The van der Waals surface area contributed by atoms with Gasteiger partial charge in [0.05, 0.1) is 6.54 Å². The number of hydrogen-bond donors (Lipinski definition) is 0. The molecule has 1 nitrogen and oxygen atoms in total. The number of piperidine rings is 1. The molecule has 1 heterocycles. The fourth-order valence-electron chi connectivity index (χ4n) is 1.36. The van der Waals surface area contributed by atoms with Gasteiger partial charge in [-0.25, -0.2) is 8.78 Å². The standard InChI is InChI=1S/C7H12ClF2N/c8-3-5-11-4-1-2-7(9,10)6-11/h1-6H2. The molecule has 0 aromatic heterocycles. The van der Waals surface area contributed by atoms with Gasteiger partial charge in [-0.1, -0.05) is 0 Å². The maximum absolute atomic E-state index is 12.7. The van der Waals surface area contributed by atoms with E-state index in [0.29, 0.717) is 18.8 Å². The molecule has 1 rings (SSSR count). The lowest BCUT2D eigenvalue weighted by Crippen LogP contribution is -2.43. The highest BCUT2D eigenvalue weighted by Gasteiger charge is 2.34. The number of rotatable bonds is 2. The highest BCUT2D eigenvalue weighted by molar-refractivity contribution is 6.18. The number of halogens is 3. The molecule has 0 aromatic rings.